The van der Waals surface area contributed by atoms with E-state index in [0.29, 0.717) is 6.42 Å². The largest absolute Gasteiger partial charge is 0.390 e. The number of halogens is 2. The first-order valence-corrected chi connectivity index (χ1v) is 5.60. The van der Waals surface area contributed by atoms with Gasteiger partial charge in [-0.2, -0.15) is 0 Å². The first kappa shape index (κ1) is 13.4. The third-order valence-electron chi connectivity index (χ3n) is 2.08. The van der Waals surface area contributed by atoms with Crippen LogP contribution in [0, 0.1) is 5.82 Å². The third kappa shape index (κ3) is 4.47. The van der Waals surface area contributed by atoms with Crippen molar-refractivity contribution in [1.82, 2.24) is 0 Å². The minimum Gasteiger partial charge on any atom is -0.390 e. The van der Waals surface area contributed by atoms with Crippen LogP contribution in [0.3, 0.4) is 0 Å². The van der Waals surface area contributed by atoms with Gasteiger partial charge in [-0.05, 0) is 31.5 Å². The average molecular weight is 247 g/mol. The molecule has 0 radical (unpaired) electrons. The second kappa shape index (κ2) is 6.18. The Bertz CT molecular complexity index is 342. The maximum Gasteiger partial charge on any atom is 0.141 e. The summed E-state index contributed by atoms with van der Waals surface area (Å²) in [7, 11) is 0. The zero-order chi connectivity index (χ0) is 12.1. The van der Waals surface area contributed by atoms with E-state index in [9.17, 15) is 9.50 Å². The molecular weight excluding hydrogens is 231 g/mol. The lowest BCUT2D eigenvalue weighted by atomic mass is 10.1. The molecule has 0 aliphatic rings. The molecule has 1 rings (SSSR count). The molecule has 2 nitrogen and oxygen atoms in total. The van der Waals surface area contributed by atoms with Crippen molar-refractivity contribution < 1.29 is 14.2 Å². The minimum absolute atomic E-state index is 0.0782. The van der Waals surface area contributed by atoms with E-state index in [4.69, 9.17) is 16.3 Å². The van der Waals surface area contributed by atoms with Crippen LogP contribution in [0.25, 0.3) is 0 Å². The van der Waals surface area contributed by atoms with E-state index >= 15 is 0 Å². The third-order valence-corrected chi connectivity index (χ3v) is 2.37. The molecule has 1 aromatic carbocycles. The minimum atomic E-state index is -0.594. The van der Waals surface area contributed by atoms with Crippen molar-refractivity contribution in [2.75, 3.05) is 6.61 Å². The molecule has 0 fully saturated rings. The molecule has 0 bridgehead atoms. The van der Waals surface area contributed by atoms with Crippen LogP contribution in [0.1, 0.15) is 19.4 Å². The maximum absolute atomic E-state index is 12.9. The summed E-state index contributed by atoms with van der Waals surface area (Å²) in [6.07, 6.45) is -0.0948. The van der Waals surface area contributed by atoms with E-state index in [2.05, 4.69) is 0 Å². The van der Waals surface area contributed by atoms with Crippen molar-refractivity contribution in [3.8, 4) is 0 Å². The van der Waals surface area contributed by atoms with Gasteiger partial charge in [-0.15, -0.1) is 0 Å². The summed E-state index contributed by atoms with van der Waals surface area (Å²) in [4.78, 5) is 0. The Morgan fingerprint density at radius 3 is 2.69 bits per heavy atom. The van der Waals surface area contributed by atoms with Crippen molar-refractivity contribution in [3.63, 3.8) is 0 Å². The Morgan fingerprint density at radius 2 is 2.12 bits per heavy atom. The highest BCUT2D eigenvalue weighted by Gasteiger charge is 2.08. The predicted molar refractivity (Wildman–Crippen MR) is 62.2 cm³/mol. The summed E-state index contributed by atoms with van der Waals surface area (Å²) in [6.45, 7) is 4.08. The lowest BCUT2D eigenvalue weighted by molar-refractivity contribution is 0.00621. The van der Waals surface area contributed by atoms with Crippen molar-refractivity contribution in [2.45, 2.75) is 32.5 Å². The standard InChI is InChI=1S/C12H16ClFO2/c1-8(2)16-7-10(15)5-9-3-4-12(14)11(13)6-9/h3-4,6,8,10,15H,5,7H2,1-2H3. The second-order valence-electron chi connectivity index (χ2n) is 3.99. The molecule has 0 saturated heterocycles. The van der Waals surface area contributed by atoms with Crippen LogP contribution in [0.2, 0.25) is 5.02 Å². The zero-order valence-corrected chi connectivity index (χ0v) is 10.2. The number of aliphatic hydroxyl groups excluding tert-OH is 1. The van der Waals surface area contributed by atoms with E-state index in [1.165, 1.54) is 12.1 Å². The van der Waals surface area contributed by atoms with E-state index in [1.807, 2.05) is 13.8 Å². The number of rotatable bonds is 5. The van der Waals surface area contributed by atoms with Gasteiger partial charge in [0.1, 0.15) is 5.82 Å². The normalized spacial score (nSPS) is 13.1. The van der Waals surface area contributed by atoms with Crippen LogP contribution < -0.4 is 0 Å². The van der Waals surface area contributed by atoms with Gasteiger partial charge in [0.15, 0.2) is 0 Å². The molecule has 0 aliphatic heterocycles. The number of benzene rings is 1. The molecule has 0 saturated carbocycles. The van der Waals surface area contributed by atoms with Crippen LogP contribution in [-0.2, 0) is 11.2 Å². The summed E-state index contributed by atoms with van der Waals surface area (Å²) in [5, 5.41) is 9.73. The monoisotopic (exact) mass is 246 g/mol. The van der Waals surface area contributed by atoms with E-state index in [-0.39, 0.29) is 17.7 Å². The molecule has 0 amide bonds. The molecule has 0 aliphatic carbocycles. The highest BCUT2D eigenvalue weighted by molar-refractivity contribution is 6.30. The summed E-state index contributed by atoms with van der Waals surface area (Å²) >= 11 is 5.64. The van der Waals surface area contributed by atoms with E-state index in [0.717, 1.165) is 5.56 Å². The molecule has 90 valence electrons. The Labute approximate surface area is 100.0 Å². The SMILES string of the molecule is CC(C)OCC(O)Cc1ccc(F)c(Cl)c1. The number of hydrogen-bond donors (Lipinski definition) is 1. The molecule has 0 heterocycles. The summed E-state index contributed by atoms with van der Waals surface area (Å²) in [5.41, 5.74) is 0.797. The lowest BCUT2D eigenvalue weighted by Crippen LogP contribution is -2.20. The van der Waals surface area contributed by atoms with Gasteiger partial charge in [-0.3, -0.25) is 0 Å². The molecule has 16 heavy (non-hydrogen) atoms. The zero-order valence-electron chi connectivity index (χ0n) is 9.41. The molecule has 0 aromatic heterocycles. The Balaban J connectivity index is 2.49. The fourth-order valence-electron chi connectivity index (χ4n) is 1.30. The highest BCUT2D eigenvalue weighted by Crippen LogP contribution is 2.17. The number of hydrogen-bond acceptors (Lipinski definition) is 2. The quantitative estimate of drug-likeness (QED) is 0.866. The molecule has 1 N–H and O–H groups in total. The Morgan fingerprint density at radius 1 is 1.44 bits per heavy atom. The maximum atomic E-state index is 12.9. The van der Waals surface area contributed by atoms with Gasteiger partial charge >= 0.3 is 0 Å². The van der Waals surface area contributed by atoms with Gasteiger partial charge < -0.3 is 9.84 Å². The van der Waals surface area contributed by atoms with Crippen molar-refractivity contribution >= 4 is 11.6 Å². The van der Waals surface area contributed by atoms with Crippen LogP contribution in [0.15, 0.2) is 18.2 Å². The second-order valence-corrected chi connectivity index (χ2v) is 4.40. The number of ether oxygens (including phenoxy) is 1. The van der Waals surface area contributed by atoms with Crippen LogP contribution in [0.4, 0.5) is 4.39 Å². The molecule has 1 atom stereocenters. The Hall–Kier alpha value is -0.640. The van der Waals surface area contributed by atoms with Crippen LogP contribution in [-0.4, -0.2) is 23.9 Å². The molecule has 4 heteroatoms. The van der Waals surface area contributed by atoms with Crippen molar-refractivity contribution in [2.24, 2.45) is 0 Å². The topological polar surface area (TPSA) is 29.5 Å². The fraction of sp³-hybridized carbons (Fsp3) is 0.500. The predicted octanol–water partition coefficient (Wildman–Crippen LogP) is 2.81. The van der Waals surface area contributed by atoms with Crippen molar-refractivity contribution in [1.29, 1.82) is 0 Å². The number of aliphatic hydroxyl groups is 1. The first-order chi connectivity index (χ1) is 7.49. The smallest absolute Gasteiger partial charge is 0.141 e. The van der Waals surface area contributed by atoms with Crippen molar-refractivity contribution in [3.05, 3.63) is 34.6 Å². The molecular formula is C12H16ClFO2. The highest BCUT2D eigenvalue weighted by atomic mass is 35.5. The average Bonchev–Trinajstić information content (AvgIpc) is 2.21. The van der Waals surface area contributed by atoms with Crippen LogP contribution >= 0.6 is 11.6 Å². The van der Waals surface area contributed by atoms with Crippen LogP contribution in [0.5, 0.6) is 0 Å². The van der Waals surface area contributed by atoms with Gasteiger partial charge in [0.2, 0.25) is 0 Å². The first-order valence-electron chi connectivity index (χ1n) is 5.22. The fourth-order valence-corrected chi connectivity index (χ4v) is 1.50. The Kier molecular flexibility index (Phi) is 5.19. The van der Waals surface area contributed by atoms with Gasteiger partial charge in [-0.25, -0.2) is 4.39 Å². The van der Waals surface area contributed by atoms with Gasteiger partial charge in [-0.1, -0.05) is 17.7 Å². The van der Waals surface area contributed by atoms with Gasteiger partial charge in [0.25, 0.3) is 0 Å². The van der Waals surface area contributed by atoms with E-state index < -0.39 is 11.9 Å². The van der Waals surface area contributed by atoms with Gasteiger partial charge in [0.05, 0.1) is 23.8 Å². The summed E-state index contributed by atoms with van der Waals surface area (Å²) in [6, 6.07) is 4.43. The molecule has 0 spiro atoms. The lowest BCUT2D eigenvalue weighted by Gasteiger charge is -2.13. The molecule has 1 unspecified atom stereocenters. The van der Waals surface area contributed by atoms with E-state index in [1.54, 1.807) is 6.07 Å². The summed E-state index contributed by atoms with van der Waals surface area (Å²) < 4.78 is 18.1. The molecule has 1 aromatic rings. The summed E-state index contributed by atoms with van der Waals surface area (Å²) in [5.74, 6) is -0.446. The van der Waals surface area contributed by atoms with Gasteiger partial charge in [0, 0.05) is 6.42 Å².